The molecule has 1 aliphatic heterocycles. The Labute approximate surface area is 108 Å². The van der Waals surface area contributed by atoms with E-state index < -0.39 is 0 Å². The maximum atomic E-state index is 6.28. The molecule has 0 amide bonds. The Bertz CT molecular complexity index is 408. The molecular weight excluding hydrogens is 230 g/mol. The summed E-state index contributed by atoms with van der Waals surface area (Å²) in [6.45, 7) is 2.98. The van der Waals surface area contributed by atoms with E-state index in [4.69, 9.17) is 19.9 Å². The summed E-state index contributed by atoms with van der Waals surface area (Å²) in [5, 5.41) is 0. The van der Waals surface area contributed by atoms with E-state index in [0.29, 0.717) is 17.4 Å². The van der Waals surface area contributed by atoms with E-state index in [2.05, 4.69) is 6.92 Å². The van der Waals surface area contributed by atoms with Gasteiger partial charge in [-0.05, 0) is 30.0 Å². The summed E-state index contributed by atoms with van der Waals surface area (Å²) >= 11 is 0. The minimum absolute atomic E-state index is 0.0862. The first-order chi connectivity index (χ1) is 8.67. The molecule has 3 unspecified atom stereocenters. The molecule has 0 saturated carbocycles. The zero-order valence-corrected chi connectivity index (χ0v) is 11.2. The molecule has 4 heteroatoms. The molecule has 1 heterocycles. The van der Waals surface area contributed by atoms with Crippen molar-refractivity contribution in [3.05, 3.63) is 23.8 Å². The van der Waals surface area contributed by atoms with E-state index in [1.54, 1.807) is 14.2 Å². The van der Waals surface area contributed by atoms with Crippen LogP contribution >= 0.6 is 0 Å². The molecule has 4 nitrogen and oxygen atoms in total. The normalized spacial score (nSPS) is 24.9. The van der Waals surface area contributed by atoms with Gasteiger partial charge in [-0.3, -0.25) is 0 Å². The van der Waals surface area contributed by atoms with Crippen molar-refractivity contribution in [1.82, 2.24) is 0 Å². The van der Waals surface area contributed by atoms with E-state index in [9.17, 15) is 0 Å². The third-order valence-corrected chi connectivity index (χ3v) is 3.59. The van der Waals surface area contributed by atoms with Crippen molar-refractivity contribution < 1.29 is 14.2 Å². The zero-order chi connectivity index (χ0) is 13.1. The van der Waals surface area contributed by atoms with Gasteiger partial charge in [0.1, 0.15) is 0 Å². The molecule has 1 aromatic rings. The van der Waals surface area contributed by atoms with Gasteiger partial charge in [-0.25, -0.2) is 0 Å². The molecule has 1 aromatic carbocycles. The lowest BCUT2D eigenvalue weighted by molar-refractivity contribution is 0.0724. The first-order valence-electron chi connectivity index (χ1n) is 6.26. The minimum atomic E-state index is -0.123. The van der Waals surface area contributed by atoms with E-state index in [1.807, 2.05) is 18.2 Å². The lowest BCUT2D eigenvalue weighted by atomic mass is 9.93. The molecule has 0 bridgehead atoms. The Morgan fingerprint density at radius 1 is 1.28 bits per heavy atom. The SMILES string of the molecule is COc1ccc(C(N)C2OCCC2C)cc1OC. The summed E-state index contributed by atoms with van der Waals surface area (Å²) in [6.07, 6.45) is 1.16. The van der Waals surface area contributed by atoms with Crippen LogP contribution in [0.3, 0.4) is 0 Å². The van der Waals surface area contributed by atoms with Crippen molar-refractivity contribution in [3.63, 3.8) is 0 Å². The number of nitrogens with two attached hydrogens (primary N) is 1. The molecule has 0 aliphatic carbocycles. The zero-order valence-electron chi connectivity index (χ0n) is 11.2. The average Bonchev–Trinajstić information content (AvgIpc) is 2.83. The molecule has 100 valence electrons. The molecule has 0 aromatic heterocycles. The quantitative estimate of drug-likeness (QED) is 0.890. The van der Waals surface area contributed by atoms with E-state index in [-0.39, 0.29) is 12.1 Å². The third kappa shape index (κ3) is 2.44. The van der Waals surface area contributed by atoms with Gasteiger partial charge in [0.25, 0.3) is 0 Å². The summed E-state index contributed by atoms with van der Waals surface area (Å²) in [5.74, 6) is 1.91. The Hall–Kier alpha value is -1.26. The molecule has 3 atom stereocenters. The van der Waals surface area contributed by atoms with Gasteiger partial charge in [0.05, 0.1) is 26.4 Å². The Balaban J connectivity index is 2.22. The first-order valence-corrected chi connectivity index (χ1v) is 6.26. The lowest BCUT2D eigenvalue weighted by Crippen LogP contribution is -2.29. The van der Waals surface area contributed by atoms with Gasteiger partial charge in [-0.15, -0.1) is 0 Å². The summed E-state index contributed by atoms with van der Waals surface area (Å²) in [4.78, 5) is 0. The van der Waals surface area contributed by atoms with Gasteiger partial charge >= 0.3 is 0 Å². The maximum absolute atomic E-state index is 6.28. The number of ether oxygens (including phenoxy) is 3. The number of hydrogen-bond acceptors (Lipinski definition) is 4. The predicted octanol–water partition coefficient (Wildman–Crippen LogP) is 2.13. The number of methoxy groups -OCH3 is 2. The highest BCUT2D eigenvalue weighted by Crippen LogP contribution is 2.34. The molecular formula is C14H21NO3. The highest BCUT2D eigenvalue weighted by molar-refractivity contribution is 5.44. The van der Waals surface area contributed by atoms with Crippen LogP contribution in [-0.2, 0) is 4.74 Å². The Morgan fingerprint density at radius 2 is 2.00 bits per heavy atom. The fraction of sp³-hybridized carbons (Fsp3) is 0.571. The monoisotopic (exact) mass is 251 g/mol. The van der Waals surface area contributed by atoms with Crippen LogP contribution in [0.1, 0.15) is 24.9 Å². The molecule has 1 aliphatic rings. The standard InChI is InChI=1S/C14H21NO3/c1-9-6-7-18-14(9)13(15)10-4-5-11(16-2)12(8-10)17-3/h4-5,8-9,13-14H,6-7,15H2,1-3H3. The lowest BCUT2D eigenvalue weighted by Gasteiger charge is -2.23. The van der Waals surface area contributed by atoms with Gasteiger partial charge in [-0.1, -0.05) is 13.0 Å². The van der Waals surface area contributed by atoms with Gasteiger partial charge < -0.3 is 19.9 Å². The largest absolute Gasteiger partial charge is 0.493 e. The second kappa shape index (κ2) is 5.59. The van der Waals surface area contributed by atoms with Gasteiger partial charge in [0.15, 0.2) is 11.5 Å². The summed E-state index contributed by atoms with van der Waals surface area (Å²) < 4.78 is 16.2. The third-order valence-electron chi connectivity index (χ3n) is 3.59. The molecule has 1 saturated heterocycles. The molecule has 18 heavy (non-hydrogen) atoms. The van der Waals surface area contributed by atoms with Crippen LogP contribution in [-0.4, -0.2) is 26.9 Å². The van der Waals surface area contributed by atoms with Crippen LogP contribution in [0.15, 0.2) is 18.2 Å². The molecule has 0 radical (unpaired) electrons. The van der Waals surface area contributed by atoms with Crippen molar-refractivity contribution in [2.75, 3.05) is 20.8 Å². The summed E-state index contributed by atoms with van der Waals surface area (Å²) in [6, 6.07) is 5.66. The Kier molecular flexibility index (Phi) is 4.09. The van der Waals surface area contributed by atoms with Gasteiger partial charge in [0, 0.05) is 6.61 Å². The number of rotatable bonds is 4. The van der Waals surface area contributed by atoms with Crippen molar-refractivity contribution >= 4 is 0 Å². The Morgan fingerprint density at radius 3 is 2.56 bits per heavy atom. The van der Waals surface area contributed by atoms with E-state index >= 15 is 0 Å². The molecule has 2 rings (SSSR count). The second-order valence-electron chi connectivity index (χ2n) is 4.74. The van der Waals surface area contributed by atoms with Crippen LogP contribution in [0.25, 0.3) is 0 Å². The fourth-order valence-corrected chi connectivity index (χ4v) is 2.43. The van der Waals surface area contributed by atoms with Crippen LogP contribution in [0.4, 0.5) is 0 Å². The van der Waals surface area contributed by atoms with Crippen molar-refractivity contribution in [3.8, 4) is 11.5 Å². The highest BCUT2D eigenvalue weighted by Gasteiger charge is 2.31. The van der Waals surface area contributed by atoms with Gasteiger partial charge in [-0.2, -0.15) is 0 Å². The van der Waals surface area contributed by atoms with E-state index in [0.717, 1.165) is 18.6 Å². The number of hydrogen-bond donors (Lipinski definition) is 1. The molecule has 0 spiro atoms. The highest BCUT2D eigenvalue weighted by atomic mass is 16.5. The van der Waals surface area contributed by atoms with Crippen LogP contribution < -0.4 is 15.2 Å². The topological polar surface area (TPSA) is 53.7 Å². The van der Waals surface area contributed by atoms with Crippen molar-refractivity contribution in [2.24, 2.45) is 11.7 Å². The molecule has 2 N–H and O–H groups in total. The van der Waals surface area contributed by atoms with Crippen LogP contribution in [0, 0.1) is 5.92 Å². The number of benzene rings is 1. The summed E-state index contributed by atoms with van der Waals surface area (Å²) in [5.41, 5.74) is 7.30. The second-order valence-corrected chi connectivity index (χ2v) is 4.74. The van der Waals surface area contributed by atoms with Crippen molar-refractivity contribution in [2.45, 2.75) is 25.5 Å². The fourth-order valence-electron chi connectivity index (χ4n) is 2.43. The van der Waals surface area contributed by atoms with Gasteiger partial charge in [0.2, 0.25) is 0 Å². The van der Waals surface area contributed by atoms with Crippen molar-refractivity contribution in [1.29, 1.82) is 0 Å². The summed E-state index contributed by atoms with van der Waals surface area (Å²) in [7, 11) is 3.25. The maximum Gasteiger partial charge on any atom is 0.161 e. The van der Waals surface area contributed by atoms with Crippen LogP contribution in [0.5, 0.6) is 11.5 Å². The predicted molar refractivity (Wildman–Crippen MR) is 70.0 cm³/mol. The van der Waals surface area contributed by atoms with Crippen LogP contribution in [0.2, 0.25) is 0 Å². The smallest absolute Gasteiger partial charge is 0.161 e. The minimum Gasteiger partial charge on any atom is -0.493 e. The average molecular weight is 251 g/mol. The van der Waals surface area contributed by atoms with E-state index in [1.165, 1.54) is 0 Å². The first kappa shape index (κ1) is 13.2. The molecule has 1 fully saturated rings.